The van der Waals surface area contributed by atoms with E-state index in [1.165, 1.54) is 13.8 Å². The first-order chi connectivity index (χ1) is 15.7. The lowest BCUT2D eigenvalue weighted by atomic mass is 10.0. The molecule has 0 saturated carbocycles. The Bertz CT molecular complexity index is 1250. The third-order valence-electron chi connectivity index (χ3n) is 5.32. The van der Waals surface area contributed by atoms with Gasteiger partial charge in [-0.05, 0) is 56.7 Å². The summed E-state index contributed by atoms with van der Waals surface area (Å²) >= 11 is 0. The molecule has 0 fully saturated rings. The van der Waals surface area contributed by atoms with Gasteiger partial charge in [0.25, 0.3) is 5.89 Å². The second kappa shape index (κ2) is 8.99. The molecule has 3 N–H and O–H groups in total. The molecule has 0 aliphatic rings. The number of nitrogens with one attached hydrogen (secondary N) is 1. The average molecular weight is 447 g/mol. The number of aromatic nitrogens is 4. The van der Waals surface area contributed by atoms with Crippen molar-refractivity contribution in [2.45, 2.75) is 39.0 Å². The molecule has 7 nitrogen and oxygen atoms in total. The van der Waals surface area contributed by atoms with Crippen LogP contribution in [0.25, 0.3) is 28.7 Å². The second-order valence-corrected chi connectivity index (χ2v) is 8.45. The zero-order valence-corrected chi connectivity index (χ0v) is 18.9. The zero-order chi connectivity index (χ0) is 23.6. The Morgan fingerprint density at radius 1 is 1.21 bits per heavy atom. The molecule has 0 bridgehead atoms. The van der Waals surface area contributed by atoms with E-state index in [2.05, 4.69) is 27.1 Å². The van der Waals surface area contributed by atoms with Gasteiger partial charge in [0.05, 0.1) is 5.56 Å². The topological polar surface area (TPSA) is 94.8 Å². The largest absolute Gasteiger partial charge is 0.415 e. The van der Waals surface area contributed by atoms with Crippen LogP contribution in [-0.4, -0.2) is 25.8 Å². The summed E-state index contributed by atoms with van der Waals surface area (Å²) in [5.74, 6) is 0.637. The molecule has 170 valence electrons. The summed E-state index contributed by atoms with van der Waals surface area (Å²) in [7, 11) is 0. The van der Waals surface area contributed by atoms with Crippen LogP contribution in [-0.2, 0) is 12.2 Å². The highest BCUT2D eigenvalue weighted by Crippen LogP contribution is 2.33. The fourth-order valence-electron chi connectivity index (χ4n) is 3.29. The Morgan fingerprint density at radius 3 is 2.70 bits per heavy atom. The Hall–Kier alpha value is -3.78. The SMILES string of the molecule is C=C(NCc1cccc(-n2cc(C(C)(C)F)cc2-c2nnc(-c3cccnc3)o2)c1)C(C)N. The summed E-state index contributed by atoms with van der Waals surface area (Å²) in [4.78, 5) is 4.09. The maximum absolute atomic E-state index is 14.9. The number of hydrogen-bond donors (Lipinski definition) is 2. The number of nitrogens with zero attached hydrogens (tertiary/aromatic N) is 4. The van der Waals surface area contributed by atoms with Crippen molar-refractivity contribution in [1.82, 2.24) is 25.1 Å². The molecule has 1 unspecified atom stereocenters. The van der Waals surface area contributed by atoms with Gasteiger partial charge in [0.2, 0.25) is 5.89 Å². The van der Waals surface area contributed by atoms with Gasteiger partial charge in [-0.2, -0.15) is 0 Å². The standard InChI is InChI=1S/C25H27FN6O/c1-16(27)17(2)29-13-18-7-5-9-21(11-18)32-15-20(25(3,4)26)12-22(32)24-31-30-23(33-24)19-8-6-10-28-14-19/h5-12,14-16,29H,2,13,27H2,1,3-4H3. The molecule has 3 aromatic heterocycles. The Morgan fingerprint density at radius 2 is 2.00 bits per heavy atom. The number of benzene rings is 1. The summed E-state index contributed by atoms with van der Waals surface area (Å²) in [5.41, 5.74) is 8.77. The summed E-state index contributed by atoms with van der Waals surface area (Å²) in [6, 6.07) is 13.1. The van der Waals surface area contributed by atoms with Crippen LogP contribution in [0.4, 0.5) is 4.39 Å². The third-order valence-corrected chi connectivity index (χ3v) is 5.32. The lowest BCUT2D eigenvalue weighted by Crippen LogP contribution is -2.27. The molecule has 0 amide bonds. The highest BCUT2D eigenvalue weighted by molar-refractivity contribution is 5.59. The van der Waals surface area contributed by atoms with Crippen LogP contribution in [0.3, 0.4) is 0 Å². The summed E-state index contributed by atoms with van der Waals surface area (Å²) in [5, 5.41) is 11.6. The van der Waals surface area contributed by atoms with Gasteiger partial charge in [-0.25, -0.2) is 4.39 Å². The highest BCUT2D eigenvalue weighted by Gasteiger charge is 2.25. The third kappa shape index (κ3) is 5.01. The van der Waals surface area contributed by atoms with Gasteiger partial charge >= 0.3 is 0 Å². The number of halogens is 1. The normalized spacial score (nSPS) is 12.5. The molecule has 3 heterocycles. The minimum absolute atomic E-state index is 0.148. The number of alkyl halides is 1. The van der Waals surface area contributed by atoms with Crippen molar-refractivity contribution < 1.29 is 8.81 Å². The van der Waals surface area contributed by atoms with Gasteiger partial charge in [0, 0.05) is 48.1 Å². The van der Waals surface area contributed by atoms with Crippen molar-refractivity contribution in [1.29, 1.82) is 0 Å². The molecular formula is C25H27FN6O. The van der Waals surface area contributed by atoms with E-state index in [0.717, 1.165) is 16.9 Å². The molecule has 8 heteroatoms. The average Bonchev–Trinajstić information content (AvgIpc) is 3.45. The van der Waals surface area contributed by atoms with Crippen LogP contribution in [0.2, 0.25) is 0 Å². The van der Waals surface area contributed by atoms with Gasteiger partial charge in [-0.3, -0.25) is 4.98 Å². The van der Waals surface area contributed by atoms with E-state index in [1.54, 1.807) is 30.7 Å². The Kier molecular flexibility index (Phi) is 6.11. The van der Waals surface area contributed by atoms with E-state index in [0.29, 0.717) is 35.1 Å². The maximum Gasteiger partial charge on any atom is 0.265 e. The van der Waals surface area contributed by atoms with Crippen molar-refractivity contribution in [3.8, 4) is 28.7 Å². The molecule has 0 aliphatic carbocycles. The number of pyridine rings is 1. The maximum atomic E-state index is 14.9. The minimum Gasteiger partial charge on any atom is -0.415 e. The molecule has 4 rings (SSSR count). The fraction of sp³-hybridized carbons (Fsp3) is 0.240. The van der Waals surface area contributed by atoms with E-state index in [-0.39, 0.29) is 6.04 Å². The second-order valence-electron chi connectivity index (χ2n) is 8.45. The number of rotatable bonds is 8. The van der Waals surface area contributed by atoms with Crippen LogP contribution in [0.15, 0.2) is 77.7 Å². The molecule has 1 atom stereocenters. The fourth-order valence-corrected chi connectivity index (χ4v) is 3.29. The van der Waals surface area contributed by atoms with Crippen LogP contribution < -0.4 is 11.1 Å². The summed E-state index contributed by atoms with van der Waals surface area (Å²) in [6.07, 6.45) is 5.09. The molecule has 1 aromatic carbocycles. The van der Waals surface area contributed by atoms with Gasteiger partial charge in [-0.1, -0.05) is 18.7 Å². The van der Waals surface area contributed by atoms with Crippen molar-refractivity contribution in [3.05, 3.63) is 84.5 Å². The molecule has 0 radical (unpaired) electrons. The quantitative estimate of drug-likeness (QED) is 0.406. The first kappa shape index (κ1) is 22.4. The molecule has 33 heavy (non-hydrogen) atoms. The first-order valence-corrected chi connectivity index (χ1v) is 10.7. The van der Waals surface area contributed by atoms with Gasteiger partial charge in [-0.15, -0.1) is 10.2 Å². The predicted octanol–water partition coefficient (Wildman–Crippen LogP) is 4.74. The summed E-state index contributed by atoms with van der Waals surface area (Å²) < 4.78 is 22.7. The van der Waals surface area contributed by atoms with Gasteiger partial charge < -0.3 is 20.0 Å². The first-order valence-electron chi connectivity index (χ1n) is 10.7. The lowest BCUT2D eigenvalue weighted by Gasteiger charge is -2.14. The van der Waals surface area contributed by atoms with Crippen molar-refractivity contribution in [2.24, 2.45) is 5.73 Å². The molecular weight excluding hydrogens is 419 g/mol. The van der Waals surface area contributed by atoms with E-state index in [4.69, 9.17) is 10.2 Å². The van der Waals surface area contributed by atoms with Crippen LogP contribution in [0, 0.1) is 0 Å². The Balaban J connectivity index is 1.72. The van der Waals surface area contributed by atoms with E-state index < -0.39 is 5.67 Å². The van der Waals surface area contributed by atoms with E-state index in [9.17, 15) is 4.39 Å². The monoisotopic (exact) mass is 446 g/mol. The number of nitrogens with two attached hydrogens (primary N) is 1. The van der Waals surface area contributed by atoms with Crippen molar-refractivity contribution >= 4 is 0 Å². The minimum atomic E-state index is -1.54. The van der Waals surface area contributed by atoms with Gasteiger partial charge in [0.15, 0.2) is 0 Å². The zero-order valence-electron chi connectivity index (χ0n) is 18.9. The van der Waals surface area contributed by atoms with Crippen LogP contribution >= 0.6 is 0 Å². The Labute approximate surface area is 192 Å². The number of hydrogen-bond acceptors (Lipinski definition) is 6. The van der Waals surface area contributed by atoms with Crippen LogP contribution in [0.5, 0.6) is 0 Å². The van der Waals surface area contributed by atoms with Crippen LogP contribution in [0.1, 0.15) is 31.9 Å². The van der Waals surface area contributed by atoms with Crippen molar-refractivity contribution in [2.75, 3.05) is 0 Å². The predicted molar refractivity (Wildman–Crippen MR) is 126 cm³/mol. The molecule has 4 aromatic rings. The smallest absolute Gasteiger partial charge is 0.265 e. The molecule has 0 saturated heterocycles. The van der Waals surface area contributed by atoms with E-state index >= 15 is 0 Å². The highest BCUT2D eigenvalue weighted by atomic mass is 19.1. The molecule has 0 spiro atoms. The molecule has 0 aliphatic heterocycles. The lowest BCUT2D eigenvalue weighted by molar-refractivity contribution is 0.221. The van der Waals surface area contributed by atoms with E-state index in [1.807, 2.05) is 41.8 Å². The summed E-state index contributed by atoms with van der Waals surface area (Å²) in [6.45, 7) is 9.43. The van der Waals surface area contributed by atoms with Crippen molar-refractivity contribution in [3.63, 3.8) is 0 Å². The van der Waals surface area contributed by atoms with Gasteiger partial charge in [0.1, 0.15) is 11.4 Å².